The van der Waals surface area contributed by atoms with Gasteiger partial charge in [0.05, 0.1) is 21.7 Å². The van der Waals surface area contributed by atoms with Gasteiger partial charge in [-0.3, -0.25) is 9.78 Å². The number of hydrogen-bond acceptors (Lipinski definition) is 5. The molecule has 13 heteroatoms. The summed E-state index contributed by atoms with van der Waals surface area (Å²) in [5.74, 6) is -0.251. The lowest BCUT2D eigenvalue weighted by Gasteiger charge is -2.40. The minimum absolute atomic E-state index is 0.0605. The lowest BCUT2D eigenvalue weighted by molar-refractivity contribution is -0.141. The summed E-state index contributed by atoms with van der Waals surface area (Å²) in [5.41, 5.74) is -0.936. The average Bonchev–Trinajstić information content (AvgIpc) is 2.82. The van der Waals surface area contributed by atoms with Gasteiger partial charge in [0, 0.05) is 45.5 Å². The quantitative estimate of drug-likeness (QED) is 0.444. The number of aromatic nitrogens is 1. The third kappa shape index (κ3) is 7.18. The maximum atomic E-state index is 13.9. The second-order valence-electron chi connectivity index (χ2n) is 9.94. The van der Waals surface area contributed by atoms with Gasteiger partial charge < -0.3 is 9.80 Å². The van der Waals surface area contributed by atoms with E-state index in [9.17, 15) is 26.4 Å². The molecule has 1 fully saturated rings. The van der Waals surface area contributed by atoms with Crippen LogP contribution >= 0.6 is 23.2 Å². The van der Waals surface area contributed by atoms with Gasteiger partial charge in [-0.05, 0) is 56.1 Å². The highest BCUT2D eigenvalue weighted by molar-refractivity contribution is 7.88. The zero-order valence-electron chi connectivity index (χ0n) is 21.6. The van der Waals surface area contributed by atoms with E-state index in [1.807, 2.05) is 6.92 Å². The van der Waals surface area contributed by atoms with Crippen LogP contribution in [0.4, 0.5) is 13.2 Å². The van der Waals surface area contributed by atoms with Gasteiger partial charge >= 0.3 is 6.18 Å². The number of hydrogen-bond donors (Lipinski definition) is 0. The summed E-state index contributed by atoms with van der Waals surface area (Å²) in [4.78, 5) is 20.9. The van der Waals surface area contributed by atoms with Crippen LogP contribution in [0.15, 0.2) is 36.5 Å². The van der Waals surface area contributed by atoms with Crippen LogP contribution in [-0.4, -0.2) is 78.9 Å². The summed E-state index contributed by atoms with van der Waals surface area (Å²) in [5, 5.41) is 0.647. The van der Waals surface area contributed by atoms with Crippen molar-refractivity contribution in [3.05, 3.63) is 63.4 Å². The molecule has 1 saturated heterocycles. The van der Waals surface area contributed by atoms with E-state index in [4.69, 9.17) is 23.2 Å². The van der Waals surface area contributed by atoms with Crippen molar-refractivity contribution in [2.24, 2.45) is 0 Å². The van der Waals surface area contributed by atoms with Crippen LogP contribution in [0.5, 0.6) is 0 Å². The molecule has 2 aromatic rings. The molecule has 38 heavy (non-hydrogen) atoms. The minimum atomic E-state index is -4.54. The van der Waals surface area contributed by atoms with E-state index in [0.29, 0.717) is 53.8 Å². The van der Waals surface area contributed by atoms with Gasteiger partial charge in [0.25, 0.3) is 0 Å². The summed E-state index contributed by atoms with van der Waals surface area (Å²) < 4.78 is 64.1. The first-order chi connectivity index (χ1) is 17.5. The molecule has 1 aliphatic rings. The monoisotopic (exact) mass is 594 g/mol. The molecule has 1 aromatic heterocycles. The zero-order chi connectivity index (χ0) is 28.5. The van der Waals surface area contributed by atoms with E-state index in [1.165, 1.54) is 21.5 Å². The molecule has 0 N–H and O–H groups in total. The Bertz CT molecular complexity index is 1260. The maximum absolute atomic E-state index is 13.9. The number of rotatable bonds is 8. The van der Waals surface area contributed by atoms with Crippen molar-refractivity contribution in [1.29, 1.82) is 0 Å². The Labute approximate surface area is 231 Å². The first-order valence-corrected chi connectivity index (χ1v) is 14.5. The lowest BCUT2D eigenvalue weighted by Crippen LogP contribution is -2.54. The Morgan fingerprint density at radius 2 is 1.84 bits per heavy atom. The molecule has 0 aliphatic carbocycles. The first-order valence-electron chi connectivity index (χ1n) is 11.9. The van der Waals surface area contributed by atoms with Crippen molar-refractivity contribution in [2.75, 3.05) is 39.5 Å². The largest absolute Gasteiger partial charge is 0.433 e. The molecule has 210 valence electrons. The Balaban J connectivity index is 1.81. The van der Waals surface area contributed by atoms with Crippen molar-refractivity contribution < 1.29 is 26.4 Å². The SMILES string of the molecule is CC1CN(CCC(C)(C(=O)N(C)Cc2ccc(C(F)(F)F)nc2)c2ccc(Cl)c(Cl)c2)CCN1S(C)(=O)=O. The molecule has 7 nitrogen and oxygen atoms in total. The van der Waals surface area contributed by atoms with Gasteiger partial charge in [0.1, 0.15) is 5.69 Å². The molecule has 2 unspecified atom stereocenters. The van der Waals surface area contributed by atoms with E-state index in [2.05, 4.69) is 9.88 Å². The molecule has 0 saturated carbocycles. The van der Waals surface area contributed by atoms with Gasteiger partial charge in [-0.1, -0.05) is 35.3 Å². The molecule has 1 aliphatic heterocycles. The predicted octanol–water partition coefficient (Wildman–Crippen LogP) is 4.68. The van der Waals surface area contributed by atoms with E-state index < -0.39 is 27.3 Å². The third-order valence-electron chi connectivity index (χ3n) is 6.92. The molecule has 1 aromatic carbocycles. The van der Waals surface area contributed by atoms with Crippen molar-refractivity contribution in [3.8, 4) is 0 Å². The van der Waals surface area contributed by atoms with Crippen LogP contribution in [0.2, 0.25) is 10.0 Å². The molecule has 3 rings (SSSR count). The van der Waals surface area contributed by atoms with E-state index in [1.54, 1.807) is 32.2 Å². The molecule has 2 atom stereocenters. The molecule has 0 spiro atoms. The number of alkyl halides is 3. The van der Waals surface area contributed by atoms with Crippen LogP contribution in [0.25, 0.3) is 0 Å². The van der Waals surface area contributed by atoms with Gasteiger partial charge in [-0.15, -0.1) is 0 Å². The number of carbonyl (C=O) groups is 1. The fourth-order valence-corrected chi connectivity index (χ4v) is 6.19. The number of nitrogens with zero attached hydrogens (tertiary/aromatic N) is 4. The first kappa shape index (κ1) is 30.6. The van der Waals surface area contributed by atoms with Crippen LogP contribution in [-0.2, 0) is 33.0 Å². The second-order valence-corrected chi connectivity index (χ2v) is 12.7. The van der Waals surface area contributed by atoms with Crippen LogP contribution < -0.4 is 0 Å². The van der Waals surface area contributed by atoms with Gasteiger partial charge in [0.15, 0.2) is 0 Å². The fourth-order valence-electron chi connectivity index (χ4n) is 4.76. The number of sulfonamides is 1. The van der Waals surface area contributed by atoms with E-state index >= 15 is 0 Å². The molecule has 0 bridgehead atoms. The van der Waals surface area contributed by atoms with Crippen LogP contribution in [0.1, 0.15) is 37.1 Å². The molecular formula is C25H31Cl2F3N4O3S. The zero-order valence-corrected chi connectivity index (χ0v) is 23.9. The Morgan fingerprint density at radius 3 is 2.37 bits per heavy atom. The summed E-state index contributed by atoms with van der Waals surface area (Å²) >= 11 is 12.4. The Kier molecular flexibility index (Phi) is 9.41. The minimum Gasteiger partial charge on any atom is -0.341 e. The average molecular weight is 596 g/mol. The topological polar surface area (TPSA) is 73.8 Å². The second kappa shape index (κ2) is 11.7. The maximum Gasteiger partial charge on any atom is 0.433 e. The Morgan fingerprint density at radius 1 is 1.16 bits per heavy atom. The number of likely N-dealkylation sites (N-methyl/N-ethyl adjacent to an activating group) is 1. The van der Waals surface area contributed by atoms with Gasteiger partial charge in [-0.2, -0.15) is 17.5 Å². The third-order valence-corrected chi connectivity index (χ3v) is 9.05. The van der Waals surface area contributed by atoms with Crippen molar-refractivity contribution >= 4 is 39.1 Å². The van der Waals surface area contributed by atoms with Gasteiger partial charge in [0.2, 0.25) is 15.9 Å². The molecule has 0 radical (unpaired) electrons. The van der Waals surface area contributed by atoms with Crippen molar-refractivity contribution in [2.45, 2.75) is 44.4 Å². The summed E-state index contributed by atoms with van der Waals surface area (Å²) in [6.07, 6.45) is -1.84. The predicted molar refractivity (Wildman–Crippen MR) is 142 cm³/mol. The fraction of sp³-hybridized carbons (Fsp3) is 0.520. The van der Waals surface area contributed by atoms with Crippen molar-refractivity contribution in [3.63, 3.8) is 0 Å². The summed E-state index contributed by atoms with van der Waals surface area (Å²) in [6, 6.07) is 7.00. The number of pyridine rings is 1. The number of piperazine rings is 1. The number of benzene rings is 1. The summed E-state index contributed by atoms with van der Waals surface area (Å²) in [6.45, 7) is 5.63. The Hall–Kier alpha value is -1.92. The van der Waals surface area contributed by atoms with Crippen LogP contribution in [0, 0.1) is 0 Å². The molecule has 1 amide bonds. The molecule has 2 heterocycles. The highest BCUT2D eigenvalue weighted by Gasteiger charge is 2.39. The smallest absolute Gasteiger partial charge is 0.341 e. The normalized spacial score (nSPS) is 19.2. The number of carbonyl (C=O) groups excluding carboxylic acids is 1. The number of amides is 1. The standard InChI is InChI=1S/C25H31Cl2F3N4O3S/c1-17-15-33(11-12-34(17)38(4,36)37)10-9-24(2,19-6-7-20(26)21(27)13-19)23(35)32(3)16-18-5-8-22(31-14-18)25(28,29)30/h5-8,13-14,17H,9-12,15-16H2,1-4H3. The number of halogens is 5. The van der Waals surface area contributed by atoms with Gasteiger partial charge in [-0.25, -0.2) is 8.42 Å². The van der Waals surface area contributed by atoms with E-state index in [0.717, 1.165) is 12.3 Å². The summed E-state index contributed by atoms with van der Waals surface area (Å²) in [7, 11) is -1.72. The highest BCUT2D eigenvalue weighted by Crippen LogP contribution is 2.35. The molecular weight excluding hydrogens is 564 g/mol. The van der Waals surface area contributed by atoms with E-state index in [-0.39, 0.29) is 18.5 Å². The lowest BCUT2D eigenvalue weighted by atomic mass is 9.77. The van der Waals surface area contributed by atoms with Crippen molar-refractivity contribution in [1.82, 2.24) is 19.1 Å². The van der Waals surface area contributed by atoms with Crippen LogP contribution in [0.3, 0.4) is 0 Å². The highest BCUT2D eigenvalue weighted by atomic mass is 35.5.